The molecule has 0 unspecified atom stereocenters. The van der Waals surface area contributed by atoms with Crippen LogP contribution in [0.3, 0.4) is 0 Å². The largest absolute Gasteiger partial charge is 0.310 e. The third-order valence-corrected chi connectivity index (χ3v) is 1.77. The molecule has 0 aromatic carbocycles. The molecule has 5 nitrogen and oxygen atoms in total. The molecule has 2 aromatic rings. The highest BCUT2D eigenvalue weighted by Gasteiger charge is 2.13. The molecule has 0 fully saturated rings. The van der Waals surface area contributed by atoms with Gasteiger partial charge in [0.25, 0.3) is 0 Å². The molecule has 0 atom stereocenters. The van der Waals surface area contributed by atoms with Crippen molar-refractivity contribution in [1.29, 1.82) is 0 Å². The van der Waals surface area contributed by atoms with Crippen LogP contribution in [0.15, 0.2) is 49.1 Å². The van der Waals surface area contributed by atoms with E-state index in [4.69, 9.17) is 0 Å². The van der Waals surface area contributed by atoms with Crippen molar-refractivity contribution >= 4 is 11.4 Å². The van der Waals surface area contributed by atoms with Crippen LogP contribution in [0.1, 0.15) is 0 Å². The molecule has 0 radical (unpaired) electrons. The Hall–Kier alpha value is -2.30. The summed E-state index contributed by atoms with van der Waals surface area (Å²) in [6.45, 7) is 0. The average Bonchev–Trinajstić information content (AvgIpc) is 2.31. The minimum atomic E-state index is 0.446. The molecule has 0 spiro atoms. The standard InChI is InChI=1S/C10H9N4O/c15-14(10-4-2-6-12-8-10)13-9-3-1-5-11-7-9/h1-8H,(H,13,15)/q+1. The summed E-state index contributed by atoms with van der Waals surface area (Å²) in [4.78, 5) is 19.9. The number of rotatable bonds is 3. The van der Waals surface area contributed by atoms with Gasteiger partial charge in [-0.05, 0) is 18.2 Å². The van der Waals surface area contributed by atoms with Crippen LogP contribution in [0.5, 0.6) is 0 Å². The van der Waals surface area contributed by atoms with Crippen LogP contribution >= 0.6 is 0 Å². The van der Waals surface area contributed by atoms with E-state index in [1.807, 2.05) is 0 Å². The lowest BCUT2D eigenvalue weighted by Gasteiger charge is -1.94. The third-order valence-electron chi connectivity index (χ3n) is 1.77. The topological polar surface area (TPSA) is 57.9 Å². The van der Waals surface area contributed by atoms with Crippen LogP contribution < -0.4 is 5.43 Å². The molecule has 5 heteroatoms. The van der Waals surface area contributed by atoms with Gasteiger partial charge >= 0.3 is 5.69 Å². The second-order valence-electron chi connectivity index (χ2n) is 2.86. The van der Waals surface area contributed by atoms with Crippen molar-refractivity contribution in [3.63, 3.8) is 0 Å². The lowest BCUT2D eigenvalue weighted by molar-refractivity contribution is -0.428. The molecule has 2 heterocycles. The fourth-order valence-electron chi connectivity index (χ4n) is 1.08. The molecule has 0 amide bonds. The van der Waals surface area contributed by atoms with E-state index in [2.05, 4.69) is 15.4 Å². The number of nitrogens with one attached hydrogen (secondary N) is 1. The number of hydrogen-bond donors (Lipinski definition) is 1. The minimum Gasteiger partial charge on any atom is -0.262 e. The maximum atomic E-state index is 11.6. The molecule has 15 heavy (non-hydrogen) atoms. The normalized spacial score (nSPS) is 9.60. The molecule has 0 saturated heterocycles. The number of nitrogens with zero attached hydrogens (tertiary/aromatic N) is 3. The fraction of sp³-hybridized carbons (Fsp3) is 0. The molecule has 0 bridgehead atoms. The number of hydrazine groups is 1. The van der Waals surface area contributed by atoms with Crippen molar-refractivity contribution in [3.8, 4) is 0 Å². The van der Waals surface area contributed by atoms with Crippen molar-refractivity contribution in [3.05, 3.63) is 54.0 Å². The highest BCUT2D eigenvalue weighted by Crippen LogP contribution is 2.10. The zero-order valence-corrected chi connectivity index (χ0v) is 7.87. The third kappa shape index (κ3) is 2.34. The first kappa shape index (κ1) is 9.26. The predicted molar refractivity (Wildman–Crippen MR) is 55.4 cm³/mol. The van der Waals surface area contributed by atoms with E-state index in [0.717, 1.165) is 0 Å². The molecule has 74 valence electrons. The highest BCUT2D eigenvalue weighted by atomic mass is 16.3. The Balaban J connectivity index is 2.12. The lowest BCUT2D eigenvalue weighted by atomic mass is 10.4. The van der Waals surface area contributed by atoms with Crippen molar-refractivity contribution in [2.75, 3.05) is 5.43 Å². The van der Waals surface area contributed by atoms with Gasteiger partial charge in [-0.15, -0.1) is 5.43 Å². The van der Waals surface area contributed by atoms with Gasteiger partial charge in [0.05, 0.1) is 11.1 Å². The van der Waals surface area contributed by atoms with Crippen LogP contribution in [-0.2, 0) is 0 Å². The van der Waals surface area contributed by atoms with Gasteiger partial charge in [0.15, 0.2) is 4.87 Å². The first-order chi connectivity index (χ1) is 7.36. The van der Waals surface area contributed by atoms with Gasteiger partial charge in [-0.3, -0.25) is 9.97 Å². The second-order valence-corrected chi connectivity index (χ2v) is 2.86. The van der Waals surface area contributed by atoms with Gasteiger partial charge in [0, 0.05) is 18.5 Å². The van der Waals surface area contributed by atoms with Crippen LogP contribution in [0, 0.1) is 4.91 Å². The van der Waals surface area contributed by atoms with E-state index in [1.165, 1.54) is 6.20 Å². The van der Waals surface area contributed by atoms with Gasteiger partial charge in [0.2, 0.25) is 0 Å². The second kappa shape index (κ2) is 4.28. The smallest absolute Gasteiger partial charge is 0.262 e. The van der Waals surface area contributed by atoms with Crippen molar-refractivity contribution in [1.82, 2.24) is 9.97 Å². The Morgan fingerprint density at radius 2 is 1.80 bits per heavy atom. The SMILES string of the molecule is O=[N+](Nc1cccnc1)c1cccnc1. The van der Waals surface area contributed by atoms with Crippen molar-refractivity contribution < 1.29 is 4.87 Å². The van der Waals surface area contributed by atoms with E-state index in [9.17, 15) is 4.91 Å². The van der Waals surface area contributed by atoms with E-state index >= 15 is 0 Å². The van der Waals surface area contributed by atoms with Crippen LogP contribution in [0.25, 0.3) is 0 Å². The van der Waals surface area contributed by atoms with Crippen LogP contribution in [0.2, 0.25) is 0 Å². The molecular weight excluding hydrogens is 192 g/mol. The monoisotopic (exact) mass is 201 g/mol. The molecule has 2 aromatic heterocycles. The van der Waals surface area contributed by atoms with Gasteiger partial charge in [-0.25, -0.2) is 0 Å². The maximum Gasteiger partial charge on any atom is 0.310 e. The zero-order chi connectivity index (χ0) is 10.5. The summed E-state index contributed by atoms with van der Waals surface area (Å²) in [6.07, 6.45) is 6.31. The van der Waals surface area contributed by atoms with E-state index in [-0.39, 0.29) is 0 Å². The van der Waals surface area contributed by atoms with Gasteiger partial charge in [-0.1, -0.05) is 0 Å². The van der Waals surface area contributed by atoms with Gasteiger partial charge in [0.1, 0.15) is 11.9 Å². The summed E-state index contributed by atoms with van der Waals surface area (Å²) in [5.74, 6) is 0. The quantitative estimate of drug-likeness (QED) is 0.608. The molecular formula is C10H9N4O+. The number of hydrogen-bond acceptors (Lipinski definition) is 3. The average molecular weight is 201 g/mol. The number of nitroso groups, excluding NO2 is 1. The number of anilines is 1. The molecule has 2 rings (SSSR count). The Morgan fingerprint density at radius 3 is 2.40 bits per heavy atom. The first-order valence-electron chi connectivity index (χ1n) is 4.40. The Bertz CT molecular complexity index is 443. The number of pyridine rings is 2. The Kier molecular flexibility index (Phi) is 2.64. The van der Waals surface area contributed by atoms with Crippen LogP contribution in [-0.4, -0.2) is 14.8 Å². The van der Waals surface area contributed by atoms with Crippen LogP contribution in [0.4, 0.5) is 11.4 Å². The first-order valence-corrected chi connectivity index (χ1v) is 4.40. The Labute approximate surface area is 86.4 Å². The summed E-state index contributed by atoms with van der Waals surface area (Å²) < 4.78 is 0. The van der Waals surface area contributed by atoms with E-state index < -0.39 is 0 Å². The fourth-order valence-corrected chi connectivity index (χ4v) is 1.08. The molecule has 0 aliphatic rings. The number of aromatic nitrogens is 2. The van der Waals surface area contributed by atoms with Crippen molar-refractivity contribution in [2.45, 2.75) is 0 Å². The van der Waals surface area contributed by atoms with E-state index in [0.29, 0.717) is 16.2 Å². The summed E-state index contributed by atoms with van der Waals surface area (Å²) >= 11 is 0. The summed E-state index contributed by atoms with van der Waals surface area (Å²) in [5.41, 5.74) is 3.71. The predicted octanol–water partition coefficient (Wildman–Crippen LogP) is 1.91. The summed E-state index contributed by atoms with van der Waals surface area (Å²) in [5, 5.41) is 0. The summed E-state index contributed by atoms with van der Waals surface area (Å²) in [7, 11) is 0. The highest BCUT2D eigenvalue weighted by molar-refractivity contribution is 5.38. The molecule has 0 aliphatic carbocycles. The summed E-state index contributed by atoms with van der Waals surface area (Å²) in [6, 6.07) is 6.88. The van der Waals surface area contributed by atoms with E-state index in [1.54, 1.807) is 42.9 Å². The minimum absolute atomic E-state index is 0.446. The Morgan fingerprint density at radius 1 is 1.07 bits per heavy atom. The van der Waals surface area contributed by atoms with Gasteiger partial charge in [-0.2, -0.15) is 0 Å². The maximum absolute atomic E-state index is 11.6. The molecule has 0 aliphatic heterocycles. The van der Waals surface area contributed by atoms with Gasteiger partial charge < -0.3 is 0 Å². The molecule has 1 N–H and O–H groups in total. The molecule has 0 saturated carbocycles. The zero-order valence-electron chi connectivity index (χ0n) is 7.87. The van der Waals surface area contributed by atoms with Crippen molar-refractivity contribution in [2.24, 2.45) is 0 Å². The lowest BCUT2D eigenvalue weighted by Crippen LogP contribution is -2.10.